The topological polar surface area (TPSA) is 47.6 Å². The summed E-state index contributed by atoms with van der Waals surface area (Å²) in [6, 6.07) is 0. The third-order valence-corrected chi connectivity index (χ3v) is 3.33. The van der Waals surface area contributed by atoms with Gasteiger partial charge in [-0.25, -0.2) is 0 Å². The Morgan fingerprint density at radius 2 is 2.00 bits per heavy atom. The van der Waals surface area contributed by atoms with Crippen molar-refractivity contribution in [2.75, 3.05) is 20.3 Å². The summed E-state index contributed by atoms with van der Waals surface area (Å²) in [6.07, 6.45) is 4.06. The number of carbonyl (C=O) groups is 1. The minimum Gasteiger partial charge on any atom is -0.465 e. The second-order valence-corrected chi connectivity index (χ2v) is 4.85. The number of unbranched alkanes of at least 4 members (excludes halogenated alkanes) is 1. The number of rotatable bonds is 10. The van der Waals surface area contributed by atoms with Crippen molar-refractivity contribution in [3.05, 3.63) is 0 Å². The first-order chi connectivity index (χ1) is 8.50. The van der Waals surface area contributed by atoms with Crippen LogP contribution in [0.5, 0.6) is 0 Å². The Morgan fingerprint density at radius 3 is 2.50 bits per heavy atom. The molecule has 0 aromatic rings. The highest BCUT2D eigenvalue weighted by molar-refractivity contribution is 5.80. The fraction of sp³-hybridized carbons (Fsp3) is 0.929. The van der Waals surface area contributed by atoms with E-state index in [0.29, 0.717) is 12.7 Å². The summed E-state index contributed by atoms with van der Waals surface area (Å²) in [5, 5.41) is 3.06. The molecule has 0 radical (unpaired) electrons. The first-order valence-corrected chi connectivity index (χ1v) is 6.97. The van der Waals surface area contributed by atoms with Crippen molar-refractivity contribution in [2.45, 2.75) is 65.0 Å². The number of likely N-dealkylation sites (N-methyl/N-ethyl adjacent to an activating group) is 1. The number of nitrogens with one attached hydrogen (secondary N) is 1. The van der Waals surface area contributed by atoms with Crippen LogP contribution < -0.4 is 5.32 Å². The Kier molecular flexibility index (Phi) is 9.02. The van der Waals surface area contributed by atoms with E-state index in [4.69, 9.17) is 9.47 Å². The van der Waals surface area contributed by atoms with Gasteiger partial charge in [0.25, 0.3) is 0 Å². The molecule has 0 saturated carbocycles. The molecule has 2 unspecified atom stereocenters. The van der Waals surface area contributed by atoms with Gasteiger partial charge in [-0.05, 0) is 53.5 Å². The predicted octanol–water partition coefficient (Wildman–Crippen LogP) is 2.51. The molecule has 0 aromatic heterocycles. The molecule has 0 spiro atoms. The Bertz CT molecular complexity index is 233. The fourth-order valence-electron chi connectivity index (χ4n) is 1.60. The van der Waals surface area contributed by atoms with E-state index < -0.39 is 5.54 Å². The summed E-state index contributed by atoms with van der Waals surface area (Å²) in [4.78, 5) is 11.8. The highest BCUT2D eigenvalue weighted by Gasteiger charge is 2.32. The molecule has 4 nitrogen and oxygen atoms in total. The lowest BCUT2D eigenvalue weighted by Crippen LogP contribution is -2.48. The highest BCUT2D eigenvalue weighted by atomic mass is 16.5. The highest BCUT2D eigenvalue weighted by Crippen LogP contribution is 2.15. The van der Waals surface area contributed by atoms with E-state index >= 15 is 0 Å². The lowest BCUT2D eigenvalue weighted by atomic mass is 9.95. The van der Waals surface area contributed by atoms with Crippen LogP contribution in [0.15, 0.2) is 0 Å². The van der Waals surface area contributed by atoms with Crippen LogP contribution in [0.25, 0.3) is 0 Å². The van der Waals surface area contributed by atoms with Gasteiger partial charge in [-0.1, -0.05) is 6.92 Å². The van der Waals surface area contributed by atoms with E-state index in [1.54, 1.807) is 7.05 Å². The van der Waals surface area contributed by atoms with Crippen molar-refractivity contribution in [2.24, 2.45) is 0 Å². The number of ether oxygens (including phenoxy) is 2. The van der Waals surface area contributed by atoms with Crippen molar-refractivity contribution in [3.8, 4) is 0 Å². The van der Waals surface area contributed by atoms with E-state index in [2.05, 4.69) is 19.2 Å². The van der Waals surface area contributed by atoms with Crippen LogP contribution in [0, 0.1) is 0 Å². The fourth-order valence-corrected chi connectivity index (χ4v) is 1.60. The van der Waals surface area contributed by atoms with Gasteiger partial charge in [-0.2, -0.15) is 0 Å². The lowest BCUT2D eigenvalue weighted by Gasteiger charge is -2.26. The van der Waals surface area contributed by atoms with Crippen LogP contribution in [0.1, 0.15) is 53.4 Å². The monoisotopic (exact) mass is 259 g/mol. The largest absolute Gasteiger partial charge is 0.465 e. The summed E-state index contributed by atoms with van der Waals surface area (Å²) >= 11 is 0. The molecule has 0 bridgehead atoms. The third-order valence-electron chi connectivity index (χ3n) is 3.33. The van der Waals surface area contributed by atoms with Crippen LogP contribution in [0.3, 0.4) is 0 Å². The molecule has 108 valence electrons. The van der Waals surface area contributed by atoms with Gasteiger partial charge >= 0.3 is 5.97 Å². The smallest absolute Gasteiger partial charge is 0.326 e. The van der Waals surface area contributed by atoms with Crippen molar-refractivity contribution >= 4 is 5.97 Å². The maximum atomic E-state index is 11.8. The molecule has 0 fully saturated rings. The Morgan fingerprint density at radius 1 is 1.33 bits per heavy atom. The van der Waals surface area contributed by atoms with E-state index in [0.717, 1.165) is 32.3 Å². The van der Waals surface area contributed by atoms with Gasteiger partial charge in [-0.3, -0.25) is 4.79 Å². The molecule has 0 heterocycles. The standard InChI is InChI=1S/C14H29NO3/c1-6-12(3)18-11-9-8-10-14(4,15-5)13(16)17-7-2/h12,15H,6-11H2,1-5H3. The molecule has 0 aliphatic heterocycles. The van der Waals surface area contributed by atoms with Crippen LogP contribution >= 0.6 is 0 Å². The Labute approximate surface area is 111 Å². The van der Waals surface area contributed by atoms with E-state index in [9.17, 15) is 4.79 Å². The van der Waals surface area contributed by atoms with Gasteiger partial charge < -0.3 is 14.8 Å². The minimum absolute atomic E-state index is 0.171. The molecule has 0 aromatic carbocycles. The van der Waals surface area contributed by atoms with Gasteiger partial charge in [0, 0.05) is 6.61 Å². The maximum Gasteiger partial charge on any atom is 0.326 e. The SMILES string of the molecule is CCOC(=O)C(C)(CCCCOC(C)CC)NC. The first-order valence-electron chi connectivity index (χ1n) is 6.97. The third kappa shape index (κ3) is 6.36. The number of hydrogen-bond acceptors (Lipinski definition) is 4. The van der Waals surface area contributed by atoms with Crippen LogP contribution in [-0.2, 0) is 14.3 Å². The summed E-state index contributed by atoms with van der Waals surface area (Å²) in [5.41, 5.74) is -0.577. The summed E-state index contributed by atoms with van der Waals surface area (Å²) < 4.78 is 10.7. The number of carbonyl (C=O) groups excluding carboxylic acids is 1. The quantitative estimate of drug-likeness (QED) is 0.484. The molecule has 18 heavy (non-hydrogen) atoms. The van der Waals surface area contributed by atoms with E-state index in [1.165, 1.54) is 0 Å². The second-order valence-electron chi connectivity index (χ2n) is 4.85. The molecular weight excluding hydrogens is 230 g/mol. The molecule has 0 aliphatic rings. The first kappa shape index (κ1) is 17.4. The molecule has 2 atom stereocenters. The summed E-state index contributed by atoms with van der Waals surface area (Å²) in [6.45, 7) is 9.10. The number of esters is 1. The Hall–Kier alpha value is -0.610. The maximum absolute atomic E-state index is 11.8. The average molecular weight is 259 g/mol. The minimum atomic E-state index is -0.577. The molecule has 4 heteroatoms. The summed E-state index contributed by atoms with van der Waals surface area (Å²) in [7, 11) is 1.80. The van der Waals surface area contributed by atoms with Crippen LogP contribution in [0.2, 0.25) is 0 Å². The lowest BCUT2D eigenvalue weighted by molar-refractivity contribution is -0.150. The predicted molar refractivity (Wildman–Crippen MR) is 73.7 cm³/mol. The van der Waals surface area contributed by atoms with E-state index in [-0.39, 0.29) is 5.97 Å². The van der Waals surface area contributed by atoms with Crippen molar-refractivity contribution in [1.82, 2.24) is 5.32 Å². The van der Waals surface area contributed by atoms with Crippen molar-refractivity contribution in [1.29, 1.82) is 0 Å². The zero-order valence-corrected chi connectivity index (χ0v) is 12.5. The average Bonchev–Trinajstić information content (AvgIpc) is 2.37. The van der Waals surface area contributed by atoms with Gasteiger partial charge in [0.2, 0.25) is 0 Å². The molecule has 0 aliphatic carbocycles. The molecular formula is C14H29NO3. The zero-order chi connectivity index (χ0) is 14.0. The van der Waals surface area contributed by atoms with Crippen LogP contribution in [0.4, 0.5) is 0 Å². The molecule has 0 rings (SSSR count). The number of hydrogen-bond donors (Lipinski definition) is 1. The van der Waals surface area contributed by atoms with Gasteiger partial charge in [0.05, 0.1) is 12.7 Å². The Balaban J connectivity index is 3.89. The normalized spacial score (nSPS) is 16.1. The van der Waals surface area contributed by atoms with Crippen molar-refractivity contribution in [3.63, 3.8) is 0 Å². The second kappa shape index (κ2) is 9.34. The van der Waals surface area contributed by atoms with E-state index in [1.807, 2.05) is 13.8 Å². The van der Waals surface area contributed by atoms with Gasteiger partial charge in [0.15, 0.2) is 0 Å². The molecule has 0 saturated heterocycles. The van der Waals surface area contributed by atoms with Gasteiger partial charge in [0.1, 0.15) is 5.54 Å². The van der Waals surface area contributed by atoms with Crippen molar-refractivity contribution < 1.29 is 14.3 Å². The molecule has 0 amide bonds. The van der Waals surface area contributed by atoms with Gasteiger partial charge in [-0.15, -0.1) is 0 Å². The molecule has 1 N–H and O–H groups in total. The van der Waals surface area contributed by atoms with Crippen LogP contribution in [-0.4, -0.2) is 37.9 Å². The zero-order valence-electron chi connectivity index (χ0n) is 12.5. The summed E-state index contributed by atoms with van der Waals surface area (Å²) in [5.74, 6) is -0.171.